The lowest BCUT2D eigenvalue weighted by Gasteiger charge is -2.18. The van der Waals surface area contributed by atoms with Crippen molar-refractivity contribution in [2.75, 3.05) is 7.05 Å². The summed E-state index contributed by atoms with van der Waals surface area (Å²) >= 11 is 0. The standard InChI is InChI=1S/C11H20N4O/c1-8(2)6-9(11(16)12-3)15-7-10-13-4-5-14-10/h4-5,8-9,15H,6-7H2,1-3H3,(H,12,16)(H,13,14). The van der Waals surface area contributed by atoms with Crippen LogP contribution in [0.4, 0.5) is 0 Å². The molecule has 0 radical (unpaired) electrons. The van der Waals surface area contributed by atoms with Crippen molar-refractivity contribution < 1.29 is 4.79 Å². The molecule has 0 bridgehead atoms. The number of carbonyl (C=O) groups excluding carboxylic acids is 1. The van der Waals surface area contributed by atoms with Crippen LogP contribution < -0.4 is 10.6 Å². The smallest absolute Gasteiger partial charge is 0.236 e. The highest BCUT2D eigenvalue weighted by Gasteiger charge is 2.17. The SMILES string of the molecule is CNC(=O)C(CC(C)C)NCc1ncc[nH]1. The van der Waals surface area contributed by atoms with Gasteiger partial charge in [-0.2, -0.15) is 0 Å². The Hall–Kier alpha value is -1.36. The lowest BCUT2D eigenvalue weighted by atomic mass is 10.0. The summed E-state index contributed by atoms with van der Waals surface area (Å²) in [5.41, 5.74) is 0. The fourth-order valence-electron chi connectivity index (χ4n) is 1.54. The number of nitrogens with zero attached hydrogens (tertiary/aromatic N) is 1. The van der Waals surface area contributed by atoms with Gasteiger partial charge in [0.1, 0.15) is 5.82 Å². The van der Waals surface area contributed by atoms with Crippen molar-refractivity contribution >= 4 is 5.91 Å². The maximum atomic E-state index is 11.6. The average Bonchev–Trinajstić information content (AvgIpc) is 2.75. The first kappa shape index (κ1) is 12.7. The highest BCUT2D eigenvalue weighted by Crippen LogP contribution is 2.05. The van der Waals surface area contributed by atoms with Crippen LogP contribution in [-0.2, 0) is 11.3 Å². The zero-order valence-corrected chi connectivity index (χ0v) is 10.1. The summed E-state index contributed by atoms with van der Waals surface area (Å²) in [6, 6.07) is -0.157. The summed E-state index contributed by atoms with van der Waals surface area (Å²) < 4.78 is 0. The second-order valence-electron chi connectivity index (χ2n) is 4.21. The van der Waals surface area contributed by atoms with Gasteiger partial charge in [-0.25, -0.2) is 4.98 Å². The van der Waals surface area contributed by atoms with E-state index >= 15 is 0 Å². The maximum Gasteiger partial charge on any atom is 0.236 e. The lowest BCUT2D eigenvalue weighted by molar-refractivity contribution is -0.123. The van der Waals surface area contributed by atoms with Crippen LogP contribution in [0.1, 0.15) is 26.1 Å². The minimum Gasteiger partial charge on any atom is -0.358 e. The third-order valence-corrected chi connectivity index (χ3v) is 2.34. The third kappa shape index (κ3) is 4.02. The van der Waals surface area contributed by atoms with Crippen molar-refractivity contribution in [1.82, 2.24) is 20.6 Å². The Morgan fingerprint density at radius 1 is 1.56 bits per heavy atom. The number of likely N-dealkylation sites (N-methyl/N-ethyl adjacent to an activating group) is 1. The van der Waals surface area contributed by atoms with Crippen LogP contribution in [0.3, 0.4) is 0 Å². The van der Waals surface area contributed by atoms with E-state index in [1.54, 1.807) is 19.4 Å². The van der Waals surface area contributed by atoms with Crippen LogP contribution in [-0.4, -0.2) is 29.0 Å². The number of H-pyrrole nitrogens is 1. The van der Waals surface area contributed by atoms with E-state index in [0.29, 0.717) is 12.5 Å². The molecule has 0 spiro atoms. The maximum absolute atomic E-state index is 11.6. The fourth-order valence-corrected chi connectivity index (χ4v) is 1.54. The van der Waals surface area contributed by atoms with E-state index in [4.69, 9.17) is 0 Å². The van der Waals surface area contributed by atoms with Crippen molar-refractivity contribution in [3.05, 3.63) is 18.2 Å². The molecule has 16 heavy (non-hydrogen) atoms. The molecule has 1 aromatic rings. The predicted molar refractivity (Wildman–Crippen MR) is 62.7 cm³/mol. The number of rotatable bonds is 6. The molecule has 90 valence electrons. The van der Waals surface area contributed by atoms with E-state index in [9.17, 15) is 4.79 Å². The molecule has 0 fully saturated rings. The molecule has 0 aliphatic carbocycles. The van der Waals surface area contributed by atoms with Gasteiger partial charge < -0.3 is 10.3 Å². The van der Waals surface area contributed by atoms with Gasteiger partial charge in [-0.05, 0) is 12.3 Å². The number of aromatic nitrogens is 2. The number of hydrogen-bond donors (Lipinski definition) is 3. The van der Waals surface area contributed by atoms with E-state index in [1.165, 1.54) is 0 Å². The Bertz CT molecular complexity index is 308. The number of imidazole rings is 1. The monoisotopic (exact) mass is 224 g/mol. The number of nitrogens with one attached hydrogen (secondary N) is 3. The minimum atomic E-state index is -0.157. The van der Waals surface area contributed by atoms with E-state index in [0.717, 1.165) is 12.2 Å². The van der Waals surface area contributed by atoms with Gasteiger partial charge in [-0.3, -0.25) is 10.1 Å². The Morgan fingerprint density at radius 2 is 2.31 bits per heavy atom. The molecule has 1 rings (SSSR count). The van der Waals surface area contributed by atoms with Crippen molar-refractivity contribution in [2.24, 2.45) is 5.92 Å². The summed E-state index contributed by atoms with van der Waals surface area (Å²) in [6.07, 6.45) is 4.29. The lowest BCUT2D eigenvalue weighted by Crippen LogP contribution is -2.43. The number of aromatic amines is 1. The van der Waals surface area contributed by atoms with Crippen LogP contribution in [0.5, 0.6) is 0 Å². The summed E-state index contributed by atoms with van der Waals surface area (Å²) in [6.45, 7) is 4.78. The van der Waals surface area contributed by atoms with Crippen LogP contribution in [0, 0.1) is 5.92 Å². The van der Waals surface area contributed by atoms with Gasteiger partial charge in [-0.15, -0.1) is 0 Å². The summed E-state index contributed by atoms with van der Waals surface area (Å²) in [5.74, 6) is 1.35. The molecule has 1 heterocycles. The van der Waals surface area contributed by atoms with Gasteiger partial charge in [0.2, 0.25) is 5.91 Å². The second kappa shape index (κ2) is 6.27. The molecule has 5 nitrogen and oxygen atoms in total. The Labute approximate surface area is 96.0 Å². The molecule has 1 aromatic heterocycles. The summed E-state index contributed by atoms with van der Waals surface area (Å²) in [7, 11) is 1.66. The first-order valence-electron chi connectivity index (χ1n) is 5.56. The topological polar surface area (TPSA) is 69.8 Å². The Morgan fingerprint density at radius 3 is 2.81 bits per heavy atom. The van der Waals surface area contributed by atoms with Gasteiger partial charge >= 0.3 is 0 Å². The van der Waals surface area contributed by atoms with Crippen molar-refractivity contribution in [1.29, 1.82) is 0 Å². The normalized spacial score (nSPS) is 12.8. The van der Waals surface area contributed by atoms with Crippen molar-refractivity contribution in [3.63, 3.8) is 0 Å². The van der Waals surface area contributed by atoms with Crippen LogP contribution in [0.25, 0.3) is 0 Å². The van der Waals surface area contributed by atoms with Crippen molar-refractivity contribution in [2.45, 2.75) is 32.9 Å². The Kier molecular flexibility index (Phi) is 4.98. The van der Waals surface area contributed by atoms with E-state index in [1.807, 2.05) is 0 Å². The Balaban J connectivity index is 2.46. The van der Waals surface area contributed by atoms with Crippen molar-refractivity contribution in [3.8, 4) is 0 Å². The molecular formula is C11H20N4O. The predicted octanol–water partition coefficient (Wildman–Crippen LogP) is 0.660. The van der Waals surface area contributed by atoms with E-state index in [2.05, 4.69) is 34.4 Å². The molecule has 1 atom stereocenters. The van der Waals surface area contributed by atoms with Gasteiger partial charge in [0, 0.05) is 19.4 Å². The number of hydrogen-bond acceptors (Lipinski definition) is 3. The van der Waals surface area contributed by atoms with Crippen LogP contribution >= 0.6 is 0 Å². The highest BCUT2D eigenvalue weighted by atomic mass is 16.2. The molecule has 0 aliphatic rings. The largest absolute Gasteiger partial charge is 0.358 e. The molecule has 0 aromatic carbocycles. The first-order valence-corrected chi connectivity index (χ1v) is 5.56. The average molecular weight is 224 g/mol. The molecule has 1 unspecified atom stereocenters. The minimum absolute atomic E-state index is 0.0280. The molecule has 0 saturated carbocycles. The summed E-state index contributed by atoms with van der Waals surface area (Å²) in [5, 5.41) is 5.87. The number of carbonyl (C=O) groups is 1. The molecule has 0 saturated heterocycles. The van der Waals surface area contributed by atoms with Crippen LogP contribution in [0.15, 0.2) is 12.4 Å². The number of amides is 1. The second-order valence-corrected chi connectivity index (χ2v) is 4.21. The zero-order chi connectivity index (χ0) is 12.0. The highest BCUT2D eigenvalue weighted by molar-refractivity contribution is 5.81. The van der Waals surface area contributed by atoms with Crippen LogP contribution in [0.2, 0.25) is 0 Å². The van der Waals surface area contributed by atoms with Gasteiger partial charge in [0.15, 0.2) is 0 Å². The zero-order valence-electron chi connectivity index (χ0n) is 10.1. The molecule has 5 heteroatoms. The van der Waals surface area contributed by atoms with E-state index < -0.39 is 0 Å². The van der Waals surface area contributed by atoms with E-state index in [-0.39, 0.29) is 11.9 Å². The fraction of sp³-hybridized carbons (Fsp3) is 0.636. The molecule has 3 N–H and O–H groups in total. The first-order chi connectivity index (χ1) is 7.63. The molecule has 1 amide bonds. The van der Waals surface area contributed by atoms with Gasteiger partial charge in [0.05, 0.1) is 12.6 Å². The quantitative estimate of drug-likeness (QED) is 0.665. The van der Waals surface area contributed by atoms with Gasteiger partial charge in [0.25, 0.3) is 0 Å². The molecular weight excluding hydrogens is 204 g/mol. The molecule has 0 aliphatic heterocycles. The summed E-state index contributed by atoms with van der Waals surface area (Å²) in [4.78, 5) is 18.7. The van der Waals surface area contributed by atoms with Gasteiger partial charge in [-0.1, -0.05) is 13.8 Å². The third-order valence-electron chi connectivity index (χ3n) is 2.34.